The molecule has 3 heterocycles. The van der Waals surface area contributed by atoms with Gasteiger partial charge < -0.3 is 10.3 Å². The van der Waals surface area contributed by atoms with Gasteiger partial charge in [0.2, 0.25) is 0 Å². The van der Waals surface area contributed by atoms with Crippen LogP contribution < -0.4 is 17.0 Å². The van der Waals surface area contributed by atoms with Crippen LogP contribution in [0.3, 0.4) is 0 Å². The molecule has 0 aliphatic carbocycles. The SMILES string of the molecule is Nc1ccc(=O)n(CCn2nc3cnccn3c2=O)c1. The first-order valence-electron chi connectivity index (χ1n) is 6.00. The van der Waals surface area contributed by atoms with Crippen LogP contribution in [0, 0.1) is 0 Å². The summed E-state index contributed by atoms with van der Waals surface area (Å²) in [5.41, 5.74) is 6.16. The van der Waals surface area contributed by atoms with Crippen molar-refractivity contribution in [3.8, 4) is 0 Å². The van der Waals surface area contributed by atoms with E-state index in [4.69, 9.17) is 5.73 Å². The van der Waals surface area contributed by atoms with E-state index in [0.29, 0.717) is 17.9 Å². The van der Waals surface area contributed by atoms with Crippen LogP contribution in [0.15, 0.2) is 46.5 Å². The average Bonchev–Trinajstić information content (AvgIpc) is 2.77. The molecule has 0 bridgehead atoms. The molecule has 3 aromatic heterocycles. The number of fused-ring (bicyclic) bond motifs is 1. The number of aryl methyl sites for hydroxylation is 2. The molecule has 102 valence electrons. The van der Waals surface area contributed by atoms with Gasteiger partial charge in [0.1, 0.15) is 0 Å². The van der Waals surface area contributed by atoms with E-state index < -0.39 is 0 Å². The Morgan fingerprint density at radius 2 is 2.05 bits per heavy atom. The summed E-state index contributed by atoms with van der Waals surface area (Å²) in [5.74, 6) is 0. The maximum absolute atomic E-state index is 12.0. The second-order valence-electron chi connectivity index (χ2n) is 4.30. The van der Waals surface area contributed by atoms with E-state index in [2.05, 4.69) is 10.1 Å². The molecule has 20 heavy (non-hydrogen) atoms. The van der Waals surface area contributed by atoms with Crippen molar-refractivity contribution < 1.29 is 0 Å². The zero-order valence-corrected chi connectivity index (χ0v) is 10.5. The van der Waals surface area contributed by atoms with Gasteiger partial charge in [-0.25, -0.2) is 13.9 Å². The summed E-state index contributed by atoms with van der Waals surface area (Å²) < 4.78 is 4.14. The van der Waals surface area contributed by atoms with Crippen molar-refractivity contribution in [3.63, 3.8) is 0 Å². The van der Waals surface area contributed by atoms with E-state index in [-0.39, 0.29) is 17.8 Å². The number of nitrogens with zero attached hydrogens (tertiary/aromatic N) is 5. The molecule has 0 radical (unpaired) electrons. The molecule has 2 N–H and O–H groups in total. The second-order valence-corrected chi connectivity index (χ2v) is 4.30. The third-order valence-electron chi connectivity index (χ3n) is 2.95. The Bertz CT molecular complexity index is 875. The Hall–Kier alpha value is -2.90. The van der Waals surface area contributed by atoms with Gasteiger partial charge in [0, 0.05) is 36.9 Å². The Labute approximate surface area is 112 Å². The summed E-state index contributed by atoms with van der Waals surface area (Å²) in [6.45, 7) is 0.602. The van der Waals surface area contributed by atoms with Gasteiger partial charge in [0.15, 0.2) is 5.65 Å². The van der Waals surface area contributed by atoms with Gasteiger partial charge in [-0.1, -0.05) is 0 Å². The van der Waals surface area contributed by atoms with Crippen LogP contribution >= 0.6 is 0 Å². The van der Waals surface area contributed by atoms with Crippen molar-refractivity contribution in [2.24, 2.45) is 0 Å². The summed E-state index contributed by atoms with van der Waals surface area (Å²) in [5, 5.41) is 4.14. The smallest absolute Gasteiger partial charge is 0.350 e. The molecule has 0 amide bonds. The number of pyridine rings is 1. The Morgan fingerprint density at radius 3 is 2.85 bits per heavy atom. The normalized spacial score (nSPS) is 11.0. The van der Waals surface area contributed by atoms with Gasteiger partial charge in [-0.2, -0.15) is 0 Å². The van der Waals surface area contributed by atoms with Crippen molar-refractivity contribution in [3.05, 3.63) is 57.8 Å². The van der Waals surface area contributed by atoms with Crippen molar-refractivity contribution in [1.29, 1.82) is 0 Å². The minimum atomic E-state index is -0.264. The van der Waals surface area contributed by atoms with Crippen molar-refractivity contribution in [2.75, 3.05) is 5.73 Å². The van der Waals surface area contributed by atoms with E-state index in [9.17, 15) is 9.59 Å². The maximum atomic E-state index is 12.0. The summed E-state index contributed by atoms with van der Waals surface area (Å²) >= 11 is 0. The molecule has 0 aliphatic heterocycles. The van der Waals surface area contributed by atoms with Crippen molar-refractivity contribution >= 4 is 11.3 Å². The molecule has 0 saturated carbocycles. The molecule has 8 nitrogen and oxygen atoms in total. The molecule has 0 aliphatic rings. The zero-order chi connectivity index (χ0) is 14.1. The number of rotatable bonds is 3. The van der Waals surface area contributed by atoms with Gasteiger partial charge in [0.05, 0.1) is 12.7 Å². The van der Waals surface area contributed by atoms with Gasteiger partial charge in [0.25, 0.3) is 5.56 Å². The molecular formula is C12H12N6O2. The maximum Gasteiger partial charge on any atom is 0.350 e. The van der Waals surface area contributed by atoms with E-state index in [1.165, 1.54) is 32.1 Å². The topological polar surface area (TPSA) is 100 Å². The fraction of sp³-hybridized carbons (Fsp3) is 0.167. The quantitative estimate of drug-likeness (QED) is 0.682. The minimum Gasteiger partial charge on any atom is -0.398 e. The molecule has 0 unspecified atom stereocenters. The monoisotopic (exact) mass is 272 g/mol. The van der Waals surface area contributed by atoms with Gasteiger partial charge >= 0.3 is 5.69 Å². The molecule has 3 rings (SSSR count). The molecule has 8 heteroatoms. The summed E-state index contributed by atoms with van der Waals surface area (Å²) in [6, 6.07) is 2.94. The second kappa shape index (κ2) is 4.65. The standard InChI is InChI=1S/C12H12N6O2/c13-9-1-2-11(19)16(8-9)5-6-18-12(20)17-4-3-14-7-10(17)15-18/h1-4,7-8H,5-6,13H2. The highest BCUT2D eigenvalue weighted by Gasteiger charge is 2.06. The molecule has 0 atom stereocenters. The van der Waals surface area contributed by atoms with Crippen LogP contribution in [-0.4, -0.2) is 23.7 Å². The number of hydrogen-bond acceptors (Lipinski definition) is 5. The van der Waals surface area contributed by atoms with Crippen LogP contribution in [0.4, 0.5) is 5.69 Å². The zero-order valence-electron chi connectivity index (χ0n) is 10.5. The van der Waals surface area contributed by atoms with Gasteiger partial charge in [-0.05, 0) is 6.07 Å². The van der Waals surface area contributed by atoms with E-state index in [1.807, 2.05) is 0 Å². The molecule has 0 fully saturated rings. The predicted octanol–water partition coefficient (Wildman–Crippen LogP) is -0.665. The van der Waals surface area contributed by atoms with E-state index in [0.717, 1.165) is 0 Å². The molecule has 0 saturated heterocycles. The summed E-state index contributed by atoms with van der Waals surface area (Å²) in [4.78, 5) is 27.6. The van der Waals surface area contributed by atoms with Crippen LogP contribution in [-0.2, 0) is 13.1 Å². The minimum absolute atomic E-state index is 0.169. The van der Waals surface area contributed by atoms with Gasteiger partial charge in [-0.15, -0.1) is 5.10 Å². The molecule has 0 spiro atoms. The number of hydrogen-bond donors (Lipinski definition) is 1. The highest BCUT2D eigenvalue weighted by Crippen LogP contribution is 1.97. The number of nitrogens with two attached hydrogens (primary N) is 1. The highest BCUT2D eigenvalue weighted by molar-refractivity contribution is 5.33. The predicted molar refractivity (Wildman–Crippen MR) is 72.4 cm³/mol. The van der Waals surface area contributed by atoms with Gasteiger partial charge in [-0.3, -0.25) is 9.78 Å². The van der Waals surface area contributed by atoms with Crippen molar-refractivity contribution in [2.45, 2.75) is 13.1 Å². The number of aromatic nitrogens is 5. The lowest BCUT2D eigenvalue weighted by molar-refractivity contribution is 0.511. The lowest BCUT2D eigenvalue weighted by Crippen LogP contribution is -2.27. The van der Waals surface area contributed by atoms with E-state index >= 15 is 0 Å². The highest BCUT2D eigenvalue weighted by atomic mass is 16.2. The van der Waals surface area contributed by atoms with Crippen LogP contribution in [0.2, 0.25) is 0 Å². The average molecular weight is 272 g/mol. The lowest BCUT2D eigenvalue weighted by atomic mass is 10.4. The summed E-state index contributed by atoms with van der Waals surface area (Å²) in [7, 11) is 0. The Balaban J connectivity index is 1.91. The number of nitrogen functional groups attached to an aromatic ring is 1. The Kier molecular flexibility index (Phi) is 2.82. The van der Waals surface area contributed by atoms with Crippen molar-refractivity contribution in [1.82, 2.24) is 23.7 Å². The lowest BCUT2D eigenvalue weighted by Gasteiger charge is -2.05. The number of anilines is 1. The van der Waals surface area contributed by atoms with E-state index in [1.54, 1.807) is 18.5 Å². The third-order valence-corrected chi connectivity index (χ3v) is 2.95. The first-order valence-corrected chi connectivity index (χ1v) is 6.00. The molecule has 3 aromatic rings. The third kappa shape index (κ3) is 2.07. The largest absolute Gasteiger partial charge is 0.398 e. The molecule has 0 aromatic carbocycles. The van der Waals surface area contributed by atoms with Crippen LogP contribution in [0.5, 0.6) is 0 Å². The first kappa shape index (κ1) is 12.2. The van der Waals surface area contributed by atoms with Crippen LogP contribution in [0.1, 0.15) is 0 Å². The fourth-order valence-electron chi connectivity index (χ4n) is 1.95. The Morgan fingerprint density at radius 1 is 1.20 bits per heavy atom. The molecular weight excluding hydrogens is 260 g/mol. The fourth-order valence-corrected chi connectivity index (χ4v) is 1.95. The first-order chi connectivity index (χ1) is 9.65. The summed E-state index contributed by atoms with van der Waals surface area (Å²) in [6.07, 6.45) is 6.12. The van der Waals surface area contributed by atoms with Crippen LogP contribution in [0.25, 0.3) is 5.65 Å².